The molecule has 0 amide bonds. The molecule has 0 aliphatic carbocycles. The number of nitrogens with zero attached hydrogens (tertiary/aromatic N) is 2. The van der Waals surface area contributed by atoms with E-state index in [1.165, 1.54) is 66.1 Å². The second-order valence-corrected chi connectivity index (χ2v) is 10.4. The topological polar surface area (TPSA) is 25.8 Å². The van der Waals surface area contributed by atoms with Gasteiger partial charge in [0, 0.05) is 29.7 Å². The zero-order valence-electron chi connectivity index (χ0n) is 22.6. The number of rotatable bonds is 4. The van der Waals surface area contributed by atoms with Gasteiger partial charge >= 0.3 is 0 Å². The van der Waals surface area contributed by atoms with Gasteiger partial charge in [-0.15, -0.1) is 0 Å². The van der Waals surface area contributed by atoms with Crippen LogP contribution in [-0.2, 0) is 0 Å². The van der Waals surface area contributed by atoms with E-state index in [1.807, 2.05) is 24.7 Å². The van der Waals surface area contributed by atoms with Crippen LogP contribution in [0.3, 0.4) is 0 Å². The highest BCUT2D eigenvalue weighted by atomic mass is 14.7. The summed E-state index contributed by atoms with van der Waals surface area (Å²) >= 11 is 0. The molecule has 0 radical (unpaired) electrons. The number of benzene rings is 5. The molecule has 0 saturated heterocycles. The molecule has 7 aromatic rings. The van der Waals surface area contributed by atoms with Gasteiger partial charge in [0.15, 0.2) is 0 Å². The lowest BCUT2D eigenvalue weighted by atomic mass is 9.85. The Bertz CT molecular complexity index is 1960. The summed E-state index contributed by atoms with van der Waals surface area (Å²) in [5.74, 6) is 0. The van der Waals surface area contributed by atoms with Gasteiger partial charge in [0.25, 0.3) is 0 Å². The van der Waals surface area contributed by atoms with E-state index < -0.39 is 0 Å². The van der Waals surface area contributed by atoms with Crippen molar-refractivity contribution in [1.29, 1.82) is 0 Å². The van der Waals surface area contributed by atoms with E-state index in [0.717, 1.165) is 11.3 Å². The Morgan fingerprint density at radius 2 is 1.07 bits per heavy atom. The molecule has 190 valence electrons. The highest BCUT2D eigenvalue weighted by Gasteiger charge is 2.17. The third kappa shape index (κ3) is 4.15. The van der Waals surface area contributed by atoms with E-state index in [-0.39, 0.29) is 0 Å². The molecule has 0 N–H and O–H groups in total. The summed E-state index contributed by atoms with van der Waals surface area (Å²) in [7, 11) is 0. The van der Waals surface area contributed by atoms with Crippen molar-refractivity contribution in [3.8, 4) is 44.6 Å². The summed E-state index contributed by atoms with van der Waals surface area (Å²) in [6.07, 6.45) is 5.68. The molecule has 0 atom stereocenters. The molecule has 0 aliphatic heterocycles. The van der Waals surface area contributed by atoms with Gasteiger partial charge in [0.2, 0.25) is 0 Å². The van der Waals surface area contributed by atoms with Crippen LogP contribution in [0.1, 0.15) is 11.1 Å². The smallest absolute Gasteiger partial charge is 0.0704 e. The molecule has 0 aliphatic rings. The maximum atomic E-state index is 4.65. The first-order chi connectivity index (χ1) is 19.7. The Balaban J connectivity index is 1.45. The van der Waals surface area contributed by atoms with Gasteiger partial charge < -0.3 is 0 Å². The normalized spacial score (nSPS) is 11.2. The van der Waals surface area contributed by atoms with Gasteiger partial charge in [-0.1, -0.05) is 91.0 Å². The van der Waals surface area contributed by atoms with E-state index >= 15 is 0 Å². The van der Waals surface area contributed by atoms with Crippen LogP contribution in [0, 0.1) is 13.8 Å². The highest BCUT2D eigenvalue weighted by Crippen LogP contribution is 2.44. The minimum absolute atomic E-state index is 0.996. The first-order valence-corrected chi connectivity index (χ1v) is 13.7. The molecule has 40 heavy (non-hydrogen) atoms. The van der Waals surface area contributed by atoms with Gasteiger partial charge in [0.05, 0.1) is 5.69 Å². The summed E-state index contributed by atoms with van der Waals surface area (Å²) < 4.78 is 0. The van der Waals surface area contributed by atoms with Crippen molar-refractivity contribution < 1.29 is 0 Å². The van der Waals surface area contributed by atoms with Gasteiger partial charge in [-0.3, -0.25) is 9.97 Å². The van der Waals surface area contributed by atoms with Gasteiger partial charge in [-0.05, 0) is 98.6 Å². The Morgan fingerprint density at radius 1 is 0.475 bits per heavy atom. The summed E-state index contributed by atoms with van der Waals surface area (Å²) in [4.78, 5) is 9.00. The molecule has 2 heteroatoms. The molecule has 0 saturated carbocycles. The Labute approximate surface area is 234 Å². The lowest BCUT2D eigenvalue weighted by Gasteiger charge is -2.18. The van der Waals surface area contributed by atoms with E-state index in [2.05, 4.69) is 133 Å². The predicted octanol–water partition coefficient (Wildman–Crippen LogP) is 10.1. The number of pyridine rings is 2. The molecule has 0 fully saturated rings. The molecular weight excluding hydrogens is 484 g/mol. The molecule has 2 nitrogen and oxygen atoms in total. The second-order valence-electron chi connectivity index (χ2n) is 10.4. The first-order valence-electron chi connectivity index (χ1n) is 13.7. The van der Waals surface area contributed by atoms with Crippen molar-refractivity contribution in [3.05, 3.63) is 145 Å². The first kappa shape index (κ1) is 24.0. The molecule has 5 aromatic carbocycles. The van der Waals surface area contributed by atoms with Crippen LogP contribution in [-0.4, -0.2) is 9.97 Å². The van der Waals surface area contributed by atoms with Crippen molar-refractivity contribution >= 4 is 21.5 Å². The summed E-state index contributed by atoms with van der Waals surface area (Å²) in [5, 5.41) is 5.00. The number of hydrogen-bond donors (Lipinski definition) is 0. The zero-order valence-corrected chi connectivity index (χ0v) is 22.6. The van der Waals surface area contributed by atoms with E-state index in [4.69, 9.17) is 0 Å². The van der Waals surface area contributed by atoms with Crippen LogP contribution in [0.4, 0.5) is 0 Å². The standard InChI is InChI=1S/C38H28N2/c1-25-18-21-40-36(22-25)29-8-7-9-30(23-29)38-33-12-5-3-10-31(33)37(32-11-4-6-13-34(32)38)28-16-14-27(15-17-28)35-24-39-20-19-26(35)2/h3-24H,1-2H3. The Hall–Kier alpha value is -5.08. The molecule has 7 rings (SSSR count). The van der Waals surface area contributed by atoms with Gasteiger partial charge in [-0.2, -0.15) is 0 Å². The van der Waals surface area contributed by atoms with Crippen LogP contribution in [0.15, 0.2) is 134 Å². The fourth-order valence-corrected chi connectivity index (χ4v) is 5.86. The molecule has 0 unspecified atom stereocenters. The fraction of sp³-hybridized carbons (Fsp3) is 0.0526. The van der Waals surface area contributed by atoms with Crippen LogP contribution in [0.25, 0.3) is 66.2 Å². The number of aryl methyl sites for hydroxylation is 2. The number of aromatic nitrogens is 2. The average Bonchev–Trinajstić information content (AvgIpc) is 3.00. The molecule has 0 spiro atoms. The lowest BCUT2D eigenvalue weighted by Crippen LogP contribution is -1.92. The van der Waals surface area contributed by atoms with Crippen molar-refractivity contribution in [3.63, 3.8) is 0 Å². The minimum atomic E-state index is 0.996. The quantitative estimate of drug-likeness (QED) is 0.219. The van der Waals surface area contributed by atoms with Gasteiger partial charge in [0.1, 0.15) is 0 Å². The van der Waals surface area contributed by atoms with Crippen molar-refractivity contribution in [1.82, 2.24) is 9.97 Å². The van der Waals surface area contributed by atoms with Crippen LogP contribution in [0.5, 0.6) is 0 Å². The van der Waals surface area contributed by atoms with Crippen molar-refractivity contribution in [2.45, 2.75) is 13.8 Å². The van der Waals surface area contributed by atoms with Crippen LogP contribution in [0.2, 0.25) is 0 Å². The average molecular weight is 513 g/mol. The van der Waals surface area contributed by atoms with E-state index in [9.17, 15) is 0 Å². The zero-order chi connectivity index (χ0) is 27.1. The SMILES string of the molecule is Cc1ccnc(-c2cccc(-c3c4ccccc4c(-c4ccc(-c5cnccc5C)cc4)c4ccccc34)c2)c1. The third-order valence-corrected chi connectivity index (χ3v) is 7.82. The summed E-state index contributed by atoms with van der Waals surface area (Å²) in [6, 6.07) is 41.6. The van der Waals surface area contributed by atoms with Gasteiger partial charge in [-0.25, -0.2) is 0 Å². The Morgan fingerprint density at radius 3 is 1.70 bits per heavy atom. The molecule has 0 bridgehead atoms. The maximum absolute atomic E-state index is 4.65. The fourth-order valence-electron chi connectivity index (χ4n) is 5.86. The molecule has 2 aromatic heterocycles. The number of fused-ring (bicyclic) bond motifs is 2. The monoisotopic (exact) mass is 512 g/mol. The van der Waals surface area contributed by atoms with Crippen LogP contribution < -0.4 is 0 Å². The Kier molecular flexibility index (Phi) is 5.94. The largest absolute Gasteiger partial charge is 0.264 e. The highest BCUT2D eigenvalue weighted by molar-refractivity contribution is 6.21. The third-order valence-electron chi connectivity index (χ3n) is 7.82. The lowest BCUT2D eigenvalue weighted by molar-refractivity contribution is 1.29. The second kappa shape index (κ2) is 9.91. The maximum Gasteiger partial charge on any atom is 0.0704 e. The minimum Gasteiger partial charge on any atom is -0.264 e. The predicted molar refractivity (Wildman–Crippen MR) is 168 cm³/mol. The molecular formula is C38H28N2. The summed E-state index contributed by atoms with van der Waals surface area (Å²) in [6.45, 7) is 4.24. The van der Waals surface area contributed by atoms with Crippen molar-refractivity contribution in [2.75, 3.05) is 0 Å². The summed E-state index contributed by atoms with van der Waals surface area (Å²) in [5.41, 5.74) is 11.8. The van der Waals surface area contributed by atoms with Crippen molar-refractivity contribution in [2.24, 2.45) is 0 Å². The molecule has 2 heterocycles. The van der Waals surface area contributed by atoms with E-state index in [1.54, 1.807) is 0 Å². The van der Waals surface area contributed by atoms with Crippen LogP contribution >= 0.6 is 0 Å². The number of hydrogen-bond acceptors (Lipinski definition) is 2. The van der Waals surface area contributed by atoms with E-state index in [0.29, 0.717) is 0 Å².